The van der Waals surface area contributed by atoms with E-state index in [-0.39, 0.29) is 18.2 Å². The molecule has 0 spiro atoms. The van der Waals surface area contributed by atoms with Crippen LogP contribution in [0, 0.1) is 0 Å². The lowest BCUT2D eigenvalue weighted by atomic mass is 10.1. The number of amides is 2. The number of halogens is 2. The van der Waals surface area contributed by atoms with Crippen LogP contribution in [0.5, 0.6) is 0 Å². The van der Waals surface area contributed by atoms with Gasteiger partial charge in [-0.25, -0.2) is 4.99 Å². The fourth-order valence-electron chi connectivity index (χ4n) is 3.84. The van der Waals surface area contributed by atoms with Crippen LogP contribution in [-0.2, 0) is 16.0 Å². The number of para-hydroxylation sites is 2. The van der Waals surface area contributed by atoms with Gasteiger partial charge in [0.15, 0.2) is 0 Å². The van der Waals surface area contributed by atoms with Gasteiger partial charge < -0.3 is 10.2 Å². The summed E-state index contributed by atoms with van der Waals surface area (Å²) < 4.78 is 0. The van der Waals surface area contributed by atoms with E-state index < -0.39 is 6.17 Å². The van der Waals surface area contributed by atoms with Gasteiger partial charge in [-0.1, -0.05) is 59.6 Å². The van der Waals surface area contributed by atoms with Crippen LogP contribution in [-0.4, -0.2) is 42.8 Å². The van der Waals surface area contributed by atoms with Crippen molar-refractivity contribution < 1.29 is 9.59 Å². The van der Waals surface area contributed by atoms with E-state index in [2.05, 4.69) is 10.3 Å². The Kier molecular flexibility index (Phi) is 7.20. The maximum absolute atomic E-state index is 13.7. The van der Waals surface area contributed by atoms with E-state index >= 15 is 0 Å². The molecule has 174 valence electrons. The summed E-state index contributed by atoms with van der Waals surface area (Å²) >= 11 is 12.2. The third kappa shape index (κ3) is 5.08. The molecule has 0 aliphatic carbocycles. The first-order valence-electron chi connectivity index (χ1n) is 10.8. The number of aryl methyl sites for hydroxylation is 1. The molecule has 1 unspecified atom stereocenters. The van der Waals surface area contributed by atoms with Crippen LogP contribution in [0.2, 0.25) is 10.0 Å². The van der Waals surface area contributed by atoms with E-state index in [0.717, 1.165) is 11.1 Å². The Morgan fingerprint density at radius 3 is 2.44 bits per heavy atom. The second kappa shape index (κ2) is 10.3. The molecule has 1 N–H and O–H groups in total. The van der Waals surface area contributed by atoms with Crippen molar-refractivity contribution in [3.8, 4) is 0 Å². The molecule has 0 fully saturated rings. The number of rotatable bonds is 5. The second-order valence-corrected chi connectivity index (χ2v) is 8.92. The average molecular weight is 495 g/mol. The van der Waals surface area contributed by atoms with Gasteiger partial charge in [-0.15, -0.1) is 0 Å². The summed E-state index contributed by atoms with van der Waals surface area (Å²) in [6.07, 6.45) is -0.524. The molecule has 34 heavy (non-hydrogen) atoms. The van der Waals surface area contributed by atoms with Gasteiger partial charge in [-0.2, -0.15) is 0 Å². The first-order chi connectivity index (χ1) is 16.3. The first kappa shape index (κ1) is 23.8. The molecule has 6 nitrogen and oxygen atoms in total. The number of aliphatic imine (C=N–C) groups is 1. The number of benzodiazepines with no additional fused rings is 1. The van der Waals surface area contributed by atoms with Crippen LogP contribution < -0.4 is 10.2 Å². The molecule has 3 aromatic rings. The average Bonchev–Trinajstić information content (AvgIpc) is 2.94. The zero-order valence-electron chi connectivity index (χ0n) is 18.8. The summed E-state index contributed by atoms with van der Waals surface area (Å²) in [7, 11) is 3.72. The van der Waals surface area contributed by atoms with Gasteiger partial charge in [0.1, 0.15) is 5.84 Å². The van der Waals surface area contributed by atoms with E-state index in [1.807, 2.05) is 73.6 Å². The first-order valence-corrected chi connectivity index (χ1v) is 11.6. The van der Waals surface area contributed by atoms with E-state index in [1.54, 1.807) is 23.1 Å². The number of hydrogen-bond acceptors (Lipinski definition) is 4. The number of nitrogens with zero attached hydrogens (tertiary/aromatic N) is 3. The van der Waals surface area contributed by atoms with Crippen molar-refractivity contribution >= 4 is 52.2 Å². The van der Waals surface area contributed by atoms with Crippen LogP contribution in [0.15, 0.2) is 77.8 Å². The molecule has 0 saturated carbocycles. The molecule has 1 atom stereocenters. The maximum atomic E-state index is 13.7. The molecule has 1 aliphatic heterocycles. The van der Waals surface area contributed by atoms with E-state index in [9.17, 15) is 9.59 Å². The van der Waals surface area contributed by atoms with Gasteiger partial charge >= 0.3 is 0 Å². The molecular weight excluding hydrogens is 471 g/mol. The quantitative estimate of drug-likeness (QED) is 0.539. The number of fused-ring (bicyclic) bond motifs is 1. The highest BCUT2D eigenvalue weighted by Gasteiger charge is 2.34. The van der Waals surface area contributed by atoms with E-state index in [1.165, 1.54) is 0 Å². The summed E-state index contributed by atoms with van der Waals surface area (Å²) in [5.74, 6) is -0.0352. The molecule has 1 aliphatic rings. The van der Waals surface area contributed by atoms with Crippen LogP contribution in [0.3, 0.4) is 0 Å². The Morgan fingerprint density at radius 2 is 1.74 bits per heavy atom. The van der Waals surface area contributed by atoms with Gasteiger partial charge in [-0.05, 0) is 48.4 Å². The normalized spacial score (nSPS) is 15.3. The largest absolute Gasteiger partial charge is 0.362 e. The standard InChI is InChI=1S/C26H24Cl2N4O2/c1-31(2)25-20-10-6-7-11-22(20)32(19-8-4-3-5-9-19)26(34)24(30-25)29-23(33)15-13-17-12-14-18(27)16-21(17)28/h3-12,14,16,24H,13,15H2,1-2H3,(H,29,33). The maximum Gasteiger partial charge on any atom is 0.276 e. The Morgan fingerprint density at radius 1 is 1.03 bits per heavy atom. The molecule has 0 aromatic heterocycles. The molecule has 1 heterocycles. The smallest absolute Gasteiger partial charge is 0.276 e. The van der Waals surface area contributed by atoms with E-state index in [4.69, 9.17) is 23.2 Å². The zero-order valence-corrected chi connectivity index (χ0v) is 20.3. The number of anilines is 2. The van der Waals surface area contributed by atoms with Crippen molar-refractivity contribution in [1.82, 2.24) is 10.2 Å². The Labute approximate surface area is 208 Å². The predicted octanol–water partition coefficient (Wildman–Crippen LogP) is 5.06. The summed E-state index contributed by atoms with van der Waals surface area (Å²) in [5.41, 5.74) is 3.01. The van der Waals surface area contributed by atoms with Gasteiger partial charge in [0.05, 0.1) is 5.69 Å². The third-order valence-corrected chi connectivity index (χ3v) is 6.05. The molecule has 3 aromatic carbocycles. The SMILES string of the molecule is CN(C)C1=NC(NC(=O)CCc2ccc(Cl)cc2Cl)C(=O)N(c2ccccc2)c2ccccc21. The van der Waals surface area contributed by atoms with Gasteiger partial charge in [-0.3, -0.25) is 14.5 Å². The Bertz CT molecular complexity index is 1240. The van der Waals surface area contributed by atoms with Crippen LogP contribution in [0.4, 0.5) is 11.4 Å². The number of hydrogen-bond donors (Lipinski definition) is 1. The minimum atomic E-state index is -1.09. The molecule has 0 bridgehead atoms. The molecule has 2 amide bonds. The number of carbonyl (C=O) groups excluding carboxylic acids is 2. The topological polar surface area (TPSA) is 65.0 Å². The number of amidine groups is 1. The van der Waals surface area contributed by atoms with Gasteiger partial charge in [0.25, 0.3) is 5.91 Å². The second-order valence-electron chi connectivity index (χ2n) is 8.08. The fourth-order valence-corrected chi connectivity index (χ4v) is 4.34. The van der Waals surface area contributed by atoms with Crippen molar-refractivity contribution in [3.05, 3.63) is 94.0 Å². The Hall–Kier alpha value is -3.35. The van der Waals surface area contributed by atoms with Crippen molar-refractivity contribution in [2.75, 3.05) is 19.0 Å². The summed E-state index contributed by atoms with van der Waals surface area (Å²) in [4.78, 5) is 34.7. The minimum absolute atomic E-state index is 0.149. The number of nitrogens with one attached hydrogen (secondary N) is 1. The fraction of sp³-hybridized carbons (Fsp3) is 0.192. The van der Waals surface area contributed by atoms with Crippen molar-refractivity contribution in [1.29, 1.82) is 0 Å². The molecule has 4 rings (SSSR count). The van der Waals surface area contributed by atoms with E-state index in [0.29, 0.717) is 33.7 Å². The molecule has 8 heteroatoms. The lowest BCUT2D eigenvalue weighted by Gasteiger charge is -2.25. The minimum Gasteiger partial charge on any atom is -0.362 e. The van der Waals surface area contributed by atoms with Crippen molar-refractivity contribution in [2.45, 2.75) is 19.0 Å². The van der Waals surface area contributed by atoms with Crippen LogP contribution in [0.25, 0.3) is 0 Å². The van der Waals surface area contributed by atoms with Gasteiger partial charge in [0.2, 0.25) is 12.1 Å². The highest BCUT2D eigenvalue weighted by molar-refractivity contribution is 6.35. The van der Waals surface area contributed by atoms with Crippen molar-refractivity contribution in [3.63, 3.8) is 0 Å². The lowest BCUT2D eigenvalue weighted by Crippen LogP contribution is -2.46. The molecule has 0 saturated heterocycles. The zero-order chi connectivity index (χ0) is 24.2. The highest BCUT2D eigenvalue weighted by atomic mass is 35.5. The number of benzene rings is 3. The molecular formula is C26H24Cl2N4O2. The highest BCUT2D eigenvalue weighted by Crippen LogP contribution is 2.32. The van der Waals surface area contributed by atoms with Crippen LogP contribution >= 0.6 is 23.2 Å². The lowest BCUT2D eigenvalue weighted by molar-refractivity contribution is -0.127. The molecule has 0 radical (unpaired) electrons. The van der Waals surface area contributed by atoms with Crippen molar-refractivity contribution in [2.24, 2.45) is 4.99 Å². The summed E-state index contributed by atoms with van der Waals surface area (Å²) in [6.45, 7) is 0. The third-order valence-electron chi connectivity index (χ3n) is 5.46. The monoisotopic (exact) mass is 494 g/mol. The summed E-state index contributed by atoms with van der Waals surface area (Å²) in [5, 5.41) is 3.86. The number of carbonyl (C=O) groups is 2. The summed E-state index contributed by atoms with van der Waals surface area (Å²) in [6, 6.07) is 22.1. The Balaban J connectivity index is 1.64. The van der Waals surface area contributed by atoms with Crippen LogP contribution in [0.1, 0.15) is 17.5 Å². The van der Waals surface area contributed by atoms with Gasteiger partial charge in [0, 0.05) is 41.8 Å². The predicted molar refractivity (Wildman–Crippen MR) is 137 cm³/mol.